The van der Waals surface area contributed by atoms with Crippen LogP contribution in [0.4, 0.5) is 8.78 Å². The number of halogens is 2. The summed E-state index contributed by atoms with van der Waals surface area (Å²) >= 11 is 0. The molecule has 13 heavy (non-hydrogen) atoms. The summed E-state index contributed by atoms with van der Waals surface area (Å²) < 4.78 is 35.4. The smallest absolute Gasteiger partial charge is 0.282 e. The third-order valence-corrected chi connectivity index (χ3v) is 2.10. The van der Waals surface area contributed by atoms with Crippen LogP contribution in [0.25, 0.3) is 0 Å². The zero-order valence-electron chi connectivity index (χ0n) is 7.63. The second-order valence-electron chi connectivity index (χ2n) is 3.42. The van der Waals surface area contributed by atoms with Crippen LogP contribution in [0.1, 0.15) is 6.92 Å². The molecule has 0 aromatic carbocycles. The normalized spacial score (nSPS) is 29.5. The van der Waals surface area contributed by atoms with E-state index in [0.29, 0.717) is 13.2 Å². The van der Waals surface area contributed by atoms with Crippen molar-refractivity contribution in [1.82, 2.24) is 0 Å². The van der Waals surface area contributed by atoms with E-state index in [1.807, 2.05) is 6.92 Å². The number of nitrogens with two attached hydrogens (primary N) is 1. The van der Waals surface area contributed by atoms with Gasteiger partial charge in [-0.25, -0.2) is 8.78 Å². The molecule has 0 aliphatic carbocycles. The highest BCUT2D eigenvalue weighted by Gasteiger charge is 2.32. The standard InChI is InChI=1S/C8H15F2NO2/c1-6-2-12-3-7(6)13-5-8(9,10)4-11/h6-7H,2-5,11H2,1H3. The van der Waals surface area contributed by atoms with Crippen molar-refractivity contribution >= 4 is 0 Å². The Morgan fingerprint density at radius 2 is 2.23 bits per heavy atom. The van der Waals surface area contributed by atoms with Gasteiger partial charge in [0.15, 0.2) is 0 Å². The van der Waals surface area contributed by atoms with E-state index in [9.17, 15) is 8.78 Å². The van der Waals surface area contributed by atoms with Crippen LogP contribution in [0.15, 0.2) is 0 Å². The summed E-state index contributed by atoms with van der Waals surface area (Å²) in [6, 6.07) is 0. The second kappa shape index (κ2) is 4.30. The van der Waals surface area contributed by atoms with Crippen molar-refractivity contribution in [2.75, 3.05) is 26.4 Å². The molecule has 1 saturated heterocycles. The highest BCUT2D eigenvalue weighted by Crippen LogP contribution is 2.19. The third-order valence-electron chi connectivity index (χ3n) is 2.10. The summed E-state index contributed by atoms with van der Waals surface area (Å²) in [5, 5.41) is 0. The quantitative estimate of drug-likeness (QED) is 0.715. The first-order valence-corrected chi connectivity index (χ1v) is 4.32. The molecule has 1 fully saturated rings. The number of hydrogen-bond acceptors (Lipinski definition) is 3. The Kier molecular flexibility index (Phi) is 3.58. The summed E-state index contributed by atoms with van der Waals surface area (Å²) in [5.41, 5.74) is 4.86. The Labute approximate surface area is 76.2 Å². The Hall–Kier alpha value is -0.260. The maximum atomic E-state index is 12.6. The van der Waals surface area contributed by atoms with Crippen molar-refractivity contribution in [2.24, 2.45) is 11.7 Å². The van der Waals surface area contributed by atoms with E-state index in [1.54, 1.807) is 0 Å². The number of alkyl halides is 2. The van der Waals surface area contributed by atoms with Gasteiger partial charge < -0.3 is 15.2 Å². The Morgan fingerprint density at radius 1 is 1.54 bits per heavy atom. The van der Waals surface area contributed by atoms with Crippen LogP contribution >= 0.6 is 0 Å². The predicted molar refractivity (Wildman–Crippen MR) is 43.7 cm³/mol. The van der Waals surface area contributed by atoms with Crippen molar-refractivity contribution in [2.45, 2.75) is 19.0 Å². The molecule has 0 bridgehead atoms. The minimum absolute atomic E-state index is 0.188. The van der Waals surface area contributed by atoms with E-state index in [4.69, 9.17) is 15.2 Å². The molecule has 1 aliphatic heterocycles. The summed E-state index contributed by atoms with van der Waals surface area (Å²) in [6.45, 7) is 1.62. The fourth-order valence-electron chi connectivity index (χ4n) is 1.14. The molecular weight excluding hydrogens is 180 g/mol. The van der Waals surface area contributed by atoms with Crippen LogP contribution in [0.3, 0.4) is 0 Å². The molecule has 5 heteroatoms. The molecule has 78 valence electrons. The van der Waals surface area contributed by atoms with Gasteiger partial charge >= 0.3 is 0 Å². The molecule has 2 N–H and O–H groups in total. The van der Waals surface area contributed by atoms with Crippen molar-refractivity contribution < 1.29 is 18.3 Å². The maximum absolute atomic E-state index is 12.6. The van der Waals surface area contributed by atoms with Gasteiger partial charge in [0.2, 0.25) is 0 Å². The summed E-state index contributed by atoms with van der Waals surface area (Å²) in [6.07, 6.45) is -0.211. The lowest BCUT2D eigenvalue weighted by atomic mass is 10.1. The lowest BCUT2D eigenvalue weighted by Crippen LogP contribution is -2.36. The van der Waals surface area contributed by atoms with E-state index in [0.717, 1.165) is 0 Å². The highest BCUT2D eigenvalue weighted by atomic mass is 19.3. The van der Waals surface area contributed by atoms with Gasteiger partial charge in [-0.3, -0.25) is 0 Å². The number of ether oxygens (including phenoxy) is 2. The van der Waals surface area contributed by atoms with E-state index in [-0.39, 0.29) is 12.0 Å². The van der Waals surface area contributed by atoms with Gasteiger partial charge in [0.05, 0.1) is 25.9 Å². The Balaban J connectivity index is 2.25. The molecule has 2 atom stereocenters. The van der Waals surface area contributed by atoms with Gasteiger partial charge in [-0.2, -0.15) is 0 Å². The van der Waals surface area contributed by atoms with Crippen LogP contribution in [-0.2, 0) is 9.47 Å². The van der Waals surface area contributed by atoms with Gasteiger partial charge in [-0.15, -0.1) is 0 Å². The van der Waals surface area contributed by atoms with Gasteiger partial charge in [0.1, 0.15) is 6.61 Å². The Morgan fingerprint density at radius 3 is 2.69 bits per heavy atom. The Bertz CT molecular complexity index is 166. The van der Waals surface area contributed by atoms with E-state index < -0.39 is 19.1 Å². The van der Waals surface area contributed by atoms with Crippen LogP contribution in [0.5, 0.6) is 0 Å². The molecule has 0 aromatic rings. The number of rotatable bonds is 4. The lowest BCUT2D eigenvalue weighted by Gasteiger charge is -2.19. The van der Waals surface area contributed by atoms with Crippen LogP contribution in [0.2, 0.25) is 0 Å². The van der Waals surface area contributed by atoms with E-state index >= 15 is 0 Å². The summed E-state index contributed by atoms with van der Waals surface area (Å²) in [7, 11) is 0. The topological polar surface area (TPSA) is 44.5 Å². The molecule has 1 rings (SSSR count). The zero-order valence-corrected chi connectivity index (χ0v) is 7.63. The fourth-order valence-corrected chi connectivity index (χ4v) is 1.14. The van der Waals surface area contributed by atoms with Crippen molar-refractivity contribution in [3.05, 3.63) is 0 Å². The largest absolute Gasteiger partial charge is 0.378 e. The summed E-state index contributed by atoms with van der Waals surface area (Å²) in [5.74, 6) is -2.73. The predicted octanol–water partition coefficient (Wildman–Crippen LogP) is 0.632. The molecule has 0 radical (unpaired) electrons. The highest BCUT2D eigenvalue weighted by molar-refractivity contribution is 4.74. The van der Waals surface area contributed by atoms with E-state index in [2.05, 4.69) is 0 Å². The molecule has 0 saturated carbocycles. The summed E-state index contributed by atoms with van der Waals surface area (Å²) in [4.78, 5) is 0. The van der Waals surface area contributed by atoms with Gasteiger partial charge in [-0.1, -0.05) is 6.92 Å². The minimum atomic E-state index is -2.91. The zero-order chi connectivity index (χ0) is 9.90. The maximum Gasteiger partial charge on any atom is 0.282 e. The van der Waals surface area contributed by atoms with Gasteiger partial charge in [-0.05, 0) is 0 Å². The van der Waals surface area contributed by atoms with Gasteiger partial charge in [0.25, 0.3) is 5.92 Å². The average molecular weight is 195 g/mol. The van der Waals surface area contributed by atoms with E-state index in [1.165, 1.54) is 0 Å². The monoisotopic (exact) mass is 195 g/mol. The van der Waals surface area contributed by atoms with Crippen molar-refractivity contribution in [3.63, 3.8) is 0 Å². The van der Waals surface area contributed by atoms with Crippen LogP contribution < -0.4 is 5.73 Å². The first-order chi connectivity index (χ1) is 6.05. The second-order valence-corrected chi connectivity index (χ2v) is 3.42. The first kappa shape index (κ1) is 10.8. The third kappa shape index (κ3) is 3.17. The molecule has 1 aliphatic rings. The van der Waals surface area contributed by atoms with Gasteiger partial charge in [0, 0.05) is 5.92 Å². The molecule has 3 nitrogen and oxygen atoms in total. The molecule has 0 amide bonds. The van der Waals surface area contributed by atoms with Crippen LogP contribution in [-0.4, -0.2) is 38.4 Å². The molecule has 0 aromatic heterocycles. The van der Waals surface area contributed by atoms with Crippen molar-refractivity contribution in [1.29, 1.82) is 0 Å². The first-order valence-electron chi connectivity index (χ1n) is 4.32. The molecule has 0 spiro atoms. The molecule has 2 unspecified atom stereocenters. The average Bonchev–Trinajstić information content (AvgIpc) is 2.48. The van der Waals surface area contributed by atoms with Crippen LogP contribution in [0, 0.1) is 5.92 Å². The molecular formula is C8H15F2NO2. The number of hydrogen-bond donors (Lipinski definition) is 1. The SMILES string of the molecule is CC1COCC1OCC(F)(F)CN. The van der Waals surface area contributed by atoms with Crippen molar-refractivity contribution in [3.8, 4) is 0 Å². The molecule has 1 heterocycles. The fraction of sp³-hybridized carbons (Fsp3) is 1.00. The lowest BCUT2D eigenvalue weighted by molar-refractivity contribution is -0.0985. The minimum Gasteiger partial charge on any atom is -0.378 e.